The number of nitrogens with zero attached hydrogens (tertiary/aromatic N) is 1. The maximum atomic E-state index is 13.6. The number of aliphatic hydroxyl groups excluding tert-OH is 2. The van der Waals surface area contributed by atoms with Crippen LogP contribution in [0.15, 0.2) is 46.9 Å². The van der Waals surface area contributed by atoms with E-state index in [0.717, 1.165) is 30.4 Å². The minimum atomic E-state index is -1.28. The molecule has 8 nitrogen and oxygen atoms in total. The van der Waals surface area contributed by atoms with Gasteiger partial charge >= 0.3 is 5.97 Å². The van der Waals surface area contributed by atoms with E-state index in [2.05, 4.69) is 17.6 Å². The minimum Gasteiger partial charge on any atom is -0.457 e. The van der Waals surface area contributed by atoms with Crippen LogP contribution in [0.25, 0.3) is 11.1 Å². The van der Waals surface area contributed by atoms with Gasteiger partial charge in [-0.15, -0.1) is 6.58 Å². The van der Waals surface area contributed by atoms with Crippen LogP contribution in [0.2, 0.25) is 0 Å². The number of hydrogen-bond acceptors (Lipinski definition) is 8. The van der Waals surface area contributed by atoms with Gasteiger partial charge in [-0.2, -0.15) is 0 Å². The molecule has 3 rings (SSSR count). The molecule has 2 aromatic rings. The Morgan fingerprint density at radius 2 is 2.00 bits per heavy atom. The summed E-state index contributed by atoms with van der Waals surface area (Å²) in [6.07, 6.45) is 3.73. The van der Waals surface area contributed by atoms with Gasteiger partial charge in [0.1, 0.15) is 17.4 Å². The van der Waals surface area contributed by atoms with E-state index in [-0.39, 0.29) is 24.7 Å². The summed E-state index contributed by atoms with van der Waals surface area (Å²) in [5.41, 5.74) is 7.51. The summed E-state index contributed by atoms with van der Waals surface area (Å²) in [4.78, 5) is 31.0. The Labute approximate surface area is 225 Å². The number of ether oxygens (including phenoxy) is 1. The molecule has 8 heteroatoms. The lowest BCUT2D eigenvalue weighted by molar-refractivity contribution is -0.156. The maximum absolute atomic E-state index is 13.6. The predicted molar refractivity (Wildman–Crippen MR) is 146 cm³/mol. The van der Waals surface area contributed by atoms with Crippen LogP contribution < -0.4 is 5.73 Å². The molecule has 208 valence electrons. The van der Waals surface area contributed by atoms with Crippen LogP contribution in [-0.4, -0.2) is 39.2 Å². The number of cyclic esters (lactones) is 1. The van der Waals surface area contributed by atoms with E-state index in [1.165, 1.54) is 0 Å². The molecule has 5 unspecified atom stereocenters. The van der Waals surface area contributed by atoms with Gasteiger partial charge in [0.25, 0.3) is 0 Å². The van der Waals surface area contributed by atoms with Crippen molar-refractivity contribution in [3.63, 3.8) is 0 Å². The van der Waals surface area contributed by atoms with Gasteiger partial charge in [-0.1, -0.05) is 44.6 Å². The van der Waals surface area contributed by atoms with Crippen molar-refractivity contribution in [2.75, 3.05) is 0 Å². The van der Waals surface area contributed by atoms with E-state index in [9.17, 15) is 19.8 Å². The molecule has 1 aliphatic rings. The molecule has 0 spiro atoms. The Morgan fingerprint density at radius 3 is 2.68 bits per heavy atom. The highest BCUT2D eigenvalue weighted by Gasteiger charge is 2.43. The number of aliphatic hydroxyl groups is 2. The largest absolute Gasteiger partial charge is 0.457 e. The number of Topliss-reactive ketones (excluding diaryl/α,β-unsaturated/α-hetero) is 1. The van der Waals surface area contributed by atoms with Crippen molar-refractivity contribution in [2.45, 2.75) is 91.1 Å². The fourth-order valence-corrected chi connectivity index (χ4v) is 5.06. The van der Waals surface area contributed by atoms with Gasteiger partial charge in [0.15, 0.2) is 5.58 Å². The molecule has 5 atom stereocenters. The van der Waals surface area contributed by atoms with Crippen molar-refractivity contribution in [1.29, 1.82) is 0 Å². The number of carbonyl (C=O) groups excluding carboxylic acids is 2. The molecule has 0 saturated carbocycles. The first-order valence-corrected chi connectivity index (χ1v) is 13.4. The van der Waals surface area contributed by atoms with E-state index in [0.29, 0.717) is 29.8 Å². The first-order valence-electron chi connectivity index (χ1n) is 13.4. The second-order valence-corrected chi connectivity index (χ2v) is 11.1. The van der Waals surface area contributed by atoms with Gasteiger partial charge in [-0.3, -0.25) is 9.59 Å². The number of aromatic nitrogens is 1. The molecule has 1 aromatic heterocycles. The maximum Gasteiger partial charge on any atom is 0.309 e. The summed E-state index contributed by atoms with van der Waals surface area (Å²) in [6.45, 7) is 11.1. The minimum absolute atomic E-state index is 0.108. The Morgan fingerprint density at radius 1 is 1.26 bits per heavy atom. The number of rotatable bonds is 4. The molecule has 0 radical (unpaired) electrons. The van der Waals surface area contributed by atoms with Gasteiger partial charge in [-0.25, -0.2) is 4.98 Å². The van der Waals surface area contributed by atoms with E-state index in [1.54, 1.807) is 26.0 Å². The number of benzene rings is 1. The van der Waals surface area contributed by atoms with Crippen LogP contribution in [0.3, 0.4) is 0 Å². The first kappa shape index (κ1) is 29.7. The van der Waals surface area contributed by atoms with E-state index in [1.807, 2.05) is 26.0 Å². The van der Waals surface area contributed by atoms with Crippen molar-refractivity contribution < 1.29 is 29.0 Å². The second-order valence-electron chi connectivity index (χ2n) is 11.1. The Bertz CT molecular complexity index is 1170. The summed E-state index contributed by atoms with van der Waals surface area (Å²) < 4.78 is 11.5. The van der Waals surface area contributed by atoms with Gasteiger partial charge in [0.05, 0.1) is 30.6 Å². The highest BCUT2D eigenvalue weighted by Crippen LogP contribution is 2.35. The monoisotopic (exact) mass is 526 g/mol. The van der Waals surface area contributed by atoms with Crippen LogP contribution in [-0.2, 0) is 20.9 Å². The zero-order valence-corrected chi connectivity index (χ0v) is 23.0. The molecule has 1 aliphatic heterocycles. The van der Waals surface area contributed by atoms with Crippen LogP contribution in [0.5, 0.6) is 0 Å². The van der Waals surface area contributed by atoms with Crippen LogP contribution in [0.4, 0.5) is 0 Å². The zero-order valence-electron chi connectivity index (χ0n) is 23.0. The van der Waals surface area contributed by atoms with Gasteiger partial charge < -0.3 is 25.1 Å². The first-order chi connectivity index (χ1) is 18.0. The number of fused-ring (bicyclic) bond motifs is 1. The summed E-state index contributed by atoms with van der Waals surface area (Å²) in [7, 11) is 0. The summed E-state index contributed by atoms with van der Waals surface area (Å²) in [6, 6.07) is 5.44. The Kier molecular flexibility index (Phi) is 10.0. The van der Waals surface area contributed by atoms with Crippen molar-refractivity contribution in [2.24, 2.45) is 23.0 Å². The molecule has 0 fully saturated rings. The highest BCUT2D eigenvalue weighted by molar-refractivity contribution is 5.88. The molecule has 38 heavy (non-hydrogen) atoms. The van der Waals surface area contributed by atoms with Crippen LogP contribution in [0, 0.1) is 17.3 Å². The topological polar surface area (TPSA) is 136 Å². The zero-order chi connectivity index (χ0) is 28.0. The number of carbonyl (C=O) groups is 2. The number of ketones is 1. The molecular weight excluding hydrogens is 484 g/mol. The molecule has 0 aliphatic carbocycles. The standard InChI is InChI=1S/C30H42N2O6/c1-6-8-21-28(35)19(3)10-7-9-18(2)11-13-23(38-27(34)16-25(33)30(4,5)29(21)36)20-12-14-24-22(15-20)32-26(17-31)37-24/h6,11-12,14-15,19,21,23,25,28,33,35H,1,7-10,13,16-17,31H2,2-5H3/b18-11-. The summed E-state index contributed by atoms with van der Waals surface area (Å²) >= 11 is 0. The molecule has 1 aromatic carbocycles. The number of nitrogens with two attached hydrogens (primary N) is 1. The highest BCUT2D eigenvalue weighted by atomic mass is 16.5. The third-order valence-electron chi connectivity index (χ3n) is 7.77. The lowest BCUT2D eigenvalue weighted by Crippen LogP contribution is -2.46. The van der Waals surface area contributed by atoms with E-state index < -0.39 is 35.6 Å². The molecule has 2 heterocycles. The van der Waals surface area contributed by atoms with E-state index in [4.69, 9.17) is 14.9 Å². The number of hydrogen-bond donors (Lipinski definition) is 3. The lowest BCUT2D eigenvalue weighted by atomic mass is 9.71. The summed E-state index contributed by atoms with van der Waals surface area (Å²) in [5, 5.41) is 22.1. The number of allylic oxidation sites excluding steroid dienone is 2. The van der Waals surface area contributed by atoms with Gasteiger partial charge in [-0.05, 0) is 56.2 Å². The van der Waals surface area contributed by atoms with Crippen molar-refractivity contribution >= 4 is 22.9 Å². The predicted octanol–water partition coefficient (Wildman–Crippen LogP) is 4.93. The average molecular weight is 527 g/mol. The number of esters is 1. The average Bonchev–Trinajstić information content (AvgIpc) is 3.30. The molecular formula is C30H42N2O6. The van der Waals surface area contributed by atoms with Crippen molar-refractivity contribution in [1.82, 2.24) is 4.98 Å². The molecule has 0 amide bonds. The fraction of sp³-hybridized carbons (Fsp3) is 0.567. The van der Waals surface area contributed by atoms with Crippen LogP contribution in [0.1, 0.15) is 83.8 Å². The van der Waals surface area contributed by atoms with E-state index >= 15 is 0 Å². The Balaban J connectivity index is 1.93. The van der Waals surface area contributed by atoms with Gasteiger partial charge in [0.2, 0.25) is 5.89 Å². The van der Waals surface area contributed by atoms with Crippen molar-refractivity contribution in [3.05, 3.63) is 54.0 Å². The SMILES string of the molecule is C=CCC1C(=O)C(C)(C)C(O)CC(=O)OC(c2ccc3oc(CN)nc3c2)C/C=C(/C)CCCC(C)C1O. The summed E-state index contributed by atoms with van der Waals surface area (Å²) in [5.74, 6) is -1.30. The van der Waals surface area contributed by atoms with Gasteiger partial charge in [0, 0.05) is 12.3 Å². The molecule has 0 bridgehead atoms. The van der Waals surface area contributed by atoms with Crippen molar-refractivity contribution in [3.8, 4) is 0 Å². The normalized spacial score (nSPS) is 29.4. The molecule has 4 N–H and O–H groups in total. The fourth-order valence-electron chi connectivity index (χ4n) is 5.06. The third kappa shape index (κ3) is 6.98. The smallest absolute Gasteiger partial charge is 0.309 e. The lowest BCUT2D eigenvalue weighted by Gasteiger charge is -2.35. The Hall–Kier alpha value is -2.81. The second kappa shape index (κ2) is 12.8. The quantitative estimate of drug-likeness (QED) is 0.377. The third-order valence-corrected chi connectivity index (χ3v) is 7.77. The molecule has 0 saturated heterocycles. The van der Waals surface area contributed by atoms with Crippen LogP contribution >= 0.6 is 0 Å². The number of oxazole rings is 1.